The van der Waals surface area contributed by atoms with E-state index in [0.717, 1.165) is 17.1 Å². The molecule has 7 rings (SSSR count). The van der Waals surface area contributed by atoms with E-state index in [1.54, 1.807) is 11.3 Å². The average Bonchev–Trinajstić information content (AvgIpc) is 4.01. The van der Waals surface area contributed by atoms with E-state index in [1.165, 1.54) is 115 Å². The molecular weight excluding hydrogens is 695 g/mol. The minimum atomic E-state index is 1.16. The van der Waals surface area contributed by atoms with Crippen LogP contribution in [0.2, 0.25) is 0 Å². The van der Waals surface area contributed by atoms with Gasteiger partial charge >= 0.3 is 0 Å². The molecule has 0 unspecified atom stereocenters. The van der Waals surface area contributed by atoms with E-state index in [1.807, 2.05) is 34.0 Å². The highest BCUT2D eigenvalue weighted by molar-refractivity contribution is 7.23. The summed E-state index contributed by atoms with van der Waals surface area (Å²) in [4.78, 5) is 12.0. The molecule has 0 spiro atoms. The first-order valence-corrected chi connectivity index (χ1v) is 21.9. The van der Waals surface area contributed by atoms with Gasteiger partial charge < -0.3 is 4.90 Å². The maximum absolute atomic E-state index is 2.39. The molecule has 0 radical (unpaired) electrons. The summed E-state index contributed by atoms with van der Waals surface area (Å²) in [6.07, 6.45) is 12.8. The zero-order valence-corrected chi connectivity index (χ0v) is 33.0. The normalized spacial score (nSPS) is 11.3. The molecule has 0 saturated heterocycles. The average molecular weight is 742 g/mol. The SMILES string of the molecule is CCCCCCc1ccc(-c2ccc(N(c3ccc(-c4ccc(CCCCCC)s4)cc3)c3ccc(-c4ccc(-c5cccs5)s4)cc3)cc2)s1. The van der Waals surface area contributed by atoms with Gasteiger partial charge in [0, 0.05) is 51.2 Å². The summed E-state index contributed by atoms with van der Waals surface area (Å²) in [7, 11) is 0. The lowest BCUT2D eigenvalue weighted by Gasteiger charge is -2.26. The highest BCUT2D eigenvalue weighted by Gasteiger charge is 2.15. The van der Waals surface area contributed by atoms with Crippen LogP contribution in [0.4, 0.5) is 17.1 Å². The van der Waals surface area contributed by atoms with Gasteiger partial charge in [0.1, 0.15) is 0 Å². The largest absolute Gasteiger partial charge is 0.311 e. The van der Waals surface area contributed by atoms with Crippen molar-refractivity contribution in [3.63, 3.8) is 0 Å². The van der Waals surface area contributed by atoms with Crippen LogP contribution in [0.3, 0.4) is 0 Å². The van der Waals surface area contributed by atoms with Gasteiger partial charge in [0.25, 0.3) is 0 Å². The number of unbranched alkanes of at least 4 members (excludes halogenated alkanes) is 6. The lowest BCUT2D eigenvalue weighted by atomic mass is 10.1. The maximum atomic E-state index is 2.39. The molecular formula is C46H47NS4. The summed E-state index contributed by atoms with van der Waals surface area (Å²) >= 11 is 7.56. The van der Waals surface area contributed by atoms with Gasteiger partial charge in [-0.15, -0.1) is 45.3 Å². The van der Waals surface area contributed by atoms with E-state index < -0.39 is 0 Å². The topological polar surface area (TPSA) is 3.24 Å². The molecule has 0 fully saturated rings. The Hall–Kier alpha value is -3.74. The molecule has 0 aliphatic carbocycles. The molecule has 5 heteroatoms. The smallest absolute Gasteiger partial charge is 0.0462 e. The van der Waals surface area contributed by atoms with Crippen molar-refractivity contribution in [1.29, 1.82) is 0 Å². The van der Waals surface area contributed by atoms with E-state index in [2.05, 4.69) is 145 Å². The Morgan fingerprint density at radius 2 is 0.824 bits per heavy atom. The van der Waals surface area contributed by atoms with Crippen LogP contribution < -0.4 is 4.90 Å². The van der Waals surface area contributed by atoms with Crippen molar-refractivity contribution in [2.75, 3.05) is 4.90 Å². The van der Waals surface area contributed by atoms with Crippen molar-refractivity contribution < 1.29 is 0 Å². The summed E-state index contributed by atoms with van der Waals surface area (Å²) in [6.45, 7) is 4.56. The van der Waals surface area contributed by atoms with Crippen LogP contribution in [0.1, 0.15) is 75.0 Å². The van der Waals surface area contributed by atoms with E-state index in [9.17, 15) is 0 Å². The molecule has 4 aromatic heterocycles. The highest BCUT2D eigenvalue weighted by Crippen LogP contribution is 2.41. The molecule has 3 aromatic carbocycles. The third-order valence-electron chi connectivity index (χ3n) is 9.48. The first-order chi connectivity index (χ1) is 25.2. The number of hydrogen-bond acceptors (Lipinski definition) is 5. The Balaban J connectivity index is 1.14. The molecule has 0 aliphatic heterocycles. The molecule has 0 amide bonds. The van der Waals surface area contributed by atoms with Crippen LogP contribution in [0.5, 0.6) is 0 Å². The minimum absolute atomic E-state index is 1.16. The van der Waals surface area contributed by atoms with Crippen LogP contribution in [0.25, 0.3) is 41.1 Å². The number of thiophene rings is 4. The lowest BCUT2D eigenvalue weighted by molar-refractivity contribution is 0.670. The number of anilines is 3. The van der Waals surface area contributed by atoms with Crippen molar-refractivity contribution in [2.24, 2.45) is 0 Å². The summed E-state index contributed by atoms with van der Waals surface area (Å²) < 4.78 is 0. The summed E-state index contributed by atoms with van der Waals surface area (Å²) in [6, 6.07) is 45.5. The standard InChI is InChI=1S/C46H47NS4/c1-3-5-7-9-12-40-27-29-42(49-40)34-15-21-37(22-16-34)47(38-23-17-35(18-24-38)43-30-28-41(50-43)13-10-8-6-4-2)39-25-19-36(20-26-39)44-31-32-46(51-44)45-14-11-33-48-45/h11,14-33H,3-10,12-13H2,1-2H3. The Morgan fingerprint density at radius 1 is 0.392 bits per heavy atom. The summed E-state index contributed by atoms with van der Waals surface area (Å²) in [5, 5.41) is 2.15. The summed E-state index contributed by atoms with van der Waals surface area (Å²) in [5.74, 6) is 0. The second-order valence-electron chi connectivity index (χ2n) is 13.3. The van der Waals surface area contributed by atoms with Crippen LogP contribution in [0.15, 0.2) is 127 Å². The number of aryl methyl sites for hydroxylation is 2. The molecule has 0 bridgehead atoms. The third-order valence-corrected chi connectivity index (χ3v) is 14.1. The van der Waals surface area contributed by atoms with E-state index >= 15 is 0 Å². The van der Waals surface area contributed by atoms with Gasteiger partial charge in [0.15, 0.2) is 0 Å². The van der Waals surface area contributed by atoms with Crippen LogP contribution >= 0.6 is 45.3 Å². The highest BCUT2D eigenvalue weighted by atomic mass is 32.1. The first-order valence-electron chi connectivity index (χ1n) is 18.6. The Kier molecular flexibility index (Phi) is 12.3. The monoisotopic (exact) mass is 741 g/mol. The van der Waals surface area contributed by atoms with Gasteiger partial charge in [-0.2, -0.15) is 0 Å². The predicted octanol–water partition coefficient (Wildman–Crippen LogP) is 16.3. The predicted molar refractivity (Wildman–Crippen MR) is 230 cm³/mol. The van der Waals surface area contributed by atoms with Crippen molar-refractivity contribution in [3.8, 4) is 41.1 Å². The number of nitrogens with zero attached hydrogens (tertiary/aromatic N) is 1. The zero-order valence-electron chi connectivity index (χ0n) is 29.8. The molecule has 260 valence electrons. The van der Waals surface area contributed by atoms with Crippen molar-refractivity contribution in [3.05, 3.63) is 136 Å². The molecule has 0 aliphatic rings. The van der Waals surface area contributed by atoms with Crippen molar-refractivity contribution in [1.82, 2.24) is 0 Å². The first kappa shape index (κ1) is 35.7. The van der Waals surface area contributed by atoms with Crippen LogP contribution in [0, 0.1) is 0 Å². The van der Waals surface area contributed by atoms with Crippen LogP contribution in [-0.2, 0) is 12.8 Å². The maximum Gasteiger partial charge on any atom is 0.0462 e. The van der Waals surface area contributed by atoms with Gasteiger partial charge in [-0.05, 0) is 127 Å². The Morgan fingerprint density at radius 3 is 1.25 bits per heavy atom. The molecule has 0 N–H and O–H groups in total. The third kappa shape index (κ3) is 9.02. The molecule has 7 aromatic rings. The van der Waals surface area contributed by atoms with Gasteiger partial charge in [-0.3, -0.25) is 0 Å². The van der Waals surface area contributed by atoms with Crippen LogP contribution in [-0.4, -0.2) is 0 Å². The molecule has 0 saturated carbocycles. The number of benzene rings is 3. The fourth-order valence-corrected chi connectivity index (χ4v) is 10.6. The molecule has 1 nitrogen and oxygen atoms in total. The van der Waals surface area contributed by atoms with E-state index in [4.69, 9.17) is 0 Å². The fraction of sp³-hybridized carbons (Fsp3) is 0.261. The minimum Gasteiger partial charge on any atom is -0.311 e. The molecule has 51 heavy (non-hydrogen) atoms. The summed E-state index contributed by atoms with van der Waals surface area (Å²) in [5.41, 5.74) is 7.32. The van der Waals surface area contributed by atoms with Gasteiger partial charge in [0.05, 0.1) is 0 Å². The van der Waals surface area contributed by atoms with Gasteiger partial charge in [0.2, 0.25) is 0 Å². The molecule has 4 heterocycles. The van der Waals surface area contributed by atoms with Crippen molar-refractivity contribution >= 4 is 62.4 Å². The molecule has 0 atom stereocenters. The quantitative estimate of drug-likeness (QED) is 0.0840. The second kappa shape index (κ2) is 17.7. The Bertz CT molecular complexity index is 1960. The van der Waals surface area contributed by atoms with Gasteiger partial charge in [-0.1, -0.05) is 94.8 Å². The lowest BCUT2D eigenvalue weighted by Crippen LogP contribution is -2.09. The van der Waals surface area contributed by atoms with Crippen molar-refractivity contribution in [2.45, 2.75) is 78.1 Å². The Labute approximate surface area is 320 Å². The fourth-order valence-electron chi connectivity index (χ4n) is 6.60. The van der Waals surface area contributed by atoms with E-state index in [0.29, 0.717) is 0 Å². The number of rotatable bonds is 17. The second-order valence-corrected chi connectivity index (χ2v) is 17.6. The van der Waals surface area contributed by atoms with E-state index in [-0.39, 0.29) is 0 Å². The van der Waals surface area contributed by atoms with Gasteiger partial charge in [-0.25, -0.2) is 0 Å². The zero-order chi connectivity index (χ0) is 34.8. The number of hydrogen-bond donors (Lipinski definition) is 0.